The third-order valence-corrected chi connectivity index (χ3v) is 3.93. The van der Waals surface area contributed by atoms with Crippen LogP contribution in [0.3, 0.4) is 0 Å². The van der Waals surface area contributed by atoms with Crippen LogP contribution in [-0.4, -0.2) is 24.8 Å². The molecule has 0 amide bonds. The molecular formula is C14H8FN5S. The van der Waals surface area contributed by atoms with Gasteiger partial charge in [-0.3, -0.25) is 4.98 Å². The van der Waals surface area contributed by atoms with Gasteiger partial charge in [0.2, 0.25) is 4.96 Å². The van der Waals surface area contributed by atoms with Crippen LogP contribution in [0, 0.1) is 5.82 Å². The molecule has 102 valence electrons. The first kappa shape index (κ1) is 12.1. The first-order valence-corrected chi connectivity index (χ1v) is 7.01. The van der Waals surface area contributed by atoms with Crippen molar-refractivity contribution in [1.82, 2.24) is 24.8 Å². The number of hydrogen-bond donors (Lipinski definition) is 0. The zero-order valence-electron chi connectivity index (χ0n) is 10.6. The van der Waals surface area contributed by atoms with E-state index in [2.05, 4.69) is 20.3 Å². The van der Waals surface area contributed by atoms with Crippen molar-refractivity contribution in [2.24, 2.45) is 0 Å². The summed E-state index contributed by atoms with van der Waals surface area (Å²) in [6.45, 7) is 0. The summed E-state index contributed by atoms with van der Waals surface area (Å²) in [4.78, 5) is 4.74. The van der Waals surface area contributed by atoms with E-state index < -0.39 is 0 Å². The number of rotatable bonds is 2. The highest BCUT2D eigenvalue weighted by molar-refractivity contribution is 7.19. The molecule has 3 aromatic heterocycles. The van der Waals surface area contributed by atoms with E-state index in [0.29, 0.717) is 16.3 Å². The molecule has 0 aliphatic heterocycles. The molecule has 0 N–H and O–H groups in total. The molecule has 0 saturated heterocycles. The van der Waals surface area contributed by atoms with Crippen molar-refractivity contribution in [3.8, 4) is 22.0 Å². The Kier molecular flexibility index (Phi) is 2.71. The van der Waals surface area contributed by atoms with Gasteiger partial charge in [-0.25, -0.2) is 4.39 Å². The van der Waals surface area contributed by atoms with Gasteiger partial charge in [-0.15, -0.1) is 10.2 Å². The molecule has 5 nitrogen and oxygen atoms in total. The molecule has 21 heavy (non-hydrogen) atoms. The molecule has 0 atom stereocenters. The van der Waals surface area contributed by atoms with E-state index in [4.69, 9.17) is 0 Å². The minimum Gasteiger partial charge on any atom is -0.264 e. The lowest BCUT2D eigenvalue weighted by Crippen LogP contribution is -1.91. The van der Waals surface area contributed by atoms with Gasteiger partial charge in [-0.1, -0.05) is 23.5 Å². The molecule has 0 aliphatic carbocycles. The van der Waals surface area contributed by atoms with Crippen LogP contribution in [0.5, 0.6) is 0 Å². The van der Waals surface area contributed by atoms with E-state index in [9.17, 15) is 4.39 Å². The molecule has 0 bridgehead atoms. The molecule has 0 fully saturated rings. The maximum Gasteiger partial charge on any atom is 0.235 e. The lowest BCUT2D eigenvalue weighted by molar-refractivity contribution is 0.628. The zero-order chi connectivity index (χ0) is 14.2. The van der Waals surface area contributed by atoms with Gasteiger partial charge >= 0.3 is 0 Å². The number of benzene rings is 1. The fraction of sp³-hybridized carbons (Fsp3) is 0. The van der Waals surface area contributed by atoms with Crippen LogP contribution in [-0.2, 0) is 0 Å². The van der Waals surface area contributed by atoms with Gasteiger partial charge in [0.1, 0.15) is 10.8 Å². The summed E-state index contributed by atoms with van der Waals surface area (Å²) >= 11 is 1.41. The van der Waals surface area contributed by atoms with E-state index in [-0.39, 0.29) is 5.82 Å². The topological polar surface area (TPSA) is 56.0 Å². The second kappa shape index (κ2) is 4.71. The predicted octanol–water partition coefficient (Wildman–Crippen LogP) is 3.05. The molecule has 7 heteroatoms. The molecule has 0 aliphatic rings. The Bertz CT molecular complexity index is 915. The Morgan fingerprint density at radius 1 is 1.05 bits per heavy atom. The van der Waals surface area contributed by atoms with Crippen molar-refractivity contribution in [1.29, 1.82) is 0 Å². The lowest BCUT2D eigenvalue weighted by Gasteiger charge is -1.97. The van der Waals surface area contributed by atoms with Gasteiger partial charge in [0, 0.05) is 23.5 Å². The standard InChI is InChI=1S/C14H8FN5S/c15-11-5-1-3-9(7-11)12-17-18-14-20(12)19-13(21-14)10-4-2-6-16-8-10/h1-8H. The van der Waals surface area contributed by atoms with Crippen LogP contribution in [0.25, 0.3) is 26.9 Å². The molecule has 0 saturated carbocycles. The van der Waals surface area contributed by atoms with Crippen molar-refractivity contribution in [3.63, 3.8) is 0 Å². The highest BCUT2D eigenvalue weighted by Gasteiger charge is 2.14. The van der Waals surface area contributed by atoms with Crippen LogP contribution in [0.4, 0.5) is 4.39 Å². The average Bonchev–Trinajstić information content (AvgIpc) is 3.08. The summed E-state index contributed by atoms with van der Waals surface area (Å²) in [5.41, 5.74) is 1.56. The Morgan fingerprint density at radius 2 is 1.95 bits per heavy atom. The molecule has 1 aromatic carbocycles. The largest absolute Gasteiger partial charge is 0.264 e. The van der Waals surface area contributed by atoms with E-state index in [1.807, 2.05) is 12.1 Å². The van der Waals surface area contributed by atoms with Gasteiger partial charge in [-0.05, 0) is 24.3 Å². The van der Waals surface area contributed by atoms with Crippen LogP contribution in [0.15, 0.2) is 48.8 Å². The van der Waals surface area contributed by atoms with Crippen molar-refractivity contribution < 1.29 is 4.39 Å². The Balaban J connectivity index is 1.87. The highest BCUT2D eigenvalue weighted by Crippen LogP contribution is 2.27. The molecular weight excluding hydrogens is 289 g/mol. The Hall–Kier alpha value is -2.67. The number of hydrogen-bond acceptors (Lipinski definition) is 5. The lowest BCUT2D eigenvalue weighted by atomic mass is 10.2. The number of fused-ring (bicyclic) bond motifs is 1. The maximum absolute atomic E-state index is 13.3. The monoisotopic (exact) mass is 297 g/mol. The predicted molar refractivity (Wildman–Crippen MR) is 77.3 cm³/mol. The van der Waals surface area contributed by atoms with Gasteiger partial charge in [0.25, 0.3) is 0 Å². The van der Waals surface area contributed by atoms with Gasteiger partial charge in [0.15, 0.2) is 5.82 Å². The van der Waals surface area contributed by atoms with Gasteiger partial charge < -0.3 is 0 Å². The molecule has 0 unspecified atom stereocenters. The summed E-state index contributed by atoms with van der Waals surface area (Å²) in [6.07, 6.45) is 3.45. The number of nitrogens with zero attached hydrogens (tertiary/aromatic N) is 5. The summed E-state index contributed by atoms with van der Waals surface area (Å²) in [7, 11) is 0. The van der Waals surface area contributed by atoms with Crippen molar-refractivity contribution in [2.45, 2.75) is 0 Å². The Morgan fingerprint density at radius 3 is 2.76 bits per heavy atom. The quantitative estimate of drug-likeness (QED) is 0.570. The third kappa shape index (κ3) is 2.07. The zero-order valence-corrected chi connectivity index (χ0v) is 11.5. The van der Waals surface area contributed by atoms with Gasteiger partial charge in [-0.2, -0.15) is 9.61 Å². The minimum absolute atomic E-state index is 0.313. The summed E-state index contributed by atoms with van der Waals surface area (Å²) in [5.74, 6) is 0.211. The van der Waals surface area contributed by atoms with Crippen LogP contribution < -0.4 is 0 Å². The fourth-order valence-corrected chi connectivity index (χ4v) is 2.86. The smallest absolute Gasteiger partial charge is 0.235 e. The SMILES string of the molecule is Fc1cccc(-c2nnc3sc(-c4cccnc4)nn23)c1. The maximum atomic E-state index is 13.3. The summed E-state index contributed by atoms with van der Waals surface area (Å²) < 4.78 is 15.0. The number of halogens is 1. The second-order valence-electron chi connectivity index (χ2n) is 4.38. The third-order valence-electron chi connectivity index (χ3n) is 2.98. The van der Waals surface area contributed by atoms with E-state index >= 15 is 0 Å². The molecule has 4 aromatic rings. The van der Waals surface area contributed by atoms with Crippen molar-refractivity contribution in [3.05, 3.63) is 54.6 Å². The number of aromatic nitrogens is 5. The van der Waals surface area contributed by atoms with Crippen LogP contribution in [0.2, 0.25) is 0 Å². The van der Waals surface area contributed by atoms with E-state index in [1.54, 1.807) is 29.0 Å². The molecule has 0 radical (unpaired) electrons. The first-order valence-electron chi connectivity index (χ1n) is 6.20. The van der Waals surface area contributed by atoms with E-state index in [0.717, 1.165) is 10.6 Å². The summed E-state index contributed by atoms with van der Waals surface area (Å²) in [5, 5.41) is 13.5. The van der Waals surface area contributed by atoms with Crippen LogP contribution in [0.1, 0.15) is 0 Å². The molecule has 3 heterocycles. The molecule has 4 rings (SSSR count). The average molecular weight is 297 g/mol. The van der Waals surface area contributed by atoms with E-state index in [1.165, 1.54) is 23.5 Å². The number of pyridine rings is 1. The van der Waals surface area contributed by atoms with Crippen molar-refractivity contribution in [2.75, 3.05) is 0 Å². The molecule has 0 spiro atoms. The Labute approximate surface area is 122 Å². The second-order valence-corrected chi connectivity index (χ2v) is 5.33. The highest BCUT2D eigenvalue weighted by atomic mass is 32.1. The van der Waals surface area contributed by atoms with Crippen LogP contribution >= 0.6 is 11.3 Å². The van der Waals surface area contributed by atoms with Crippen molar-refractivity contribution >= 4 is 16.3 Å². The van der Waals surface area contributed by atoms with Gasteiger partial charge in [0.05, 0.1) is 0 Å². The summed E-state index contributed by atoms with van der Waals surface area (Å²) in [6, 6.07) is 10.0. The normalized spacial score (nSPS) is 11.1. The first-order chi connectivity index (χ1) is 10.3. The minimum atomic E-state index is -0.313. The fourth-order valence-electron chi connectivity index (χ4n) is 2.03.